The van der Waals surface area contributed by atoms with Gasteiger partial charge >= 0.3 is 0 Å². The van der Waals surface area contributed by atoms with Crippen molar-refractivity contribution in [3.8, 4) is 11.1 Å². The lowest BCUT2D eigenvalue weighted by Crippen LogP contribution is -2.24. The van der Waals surface area contributed by atoms with E-state index in [1.54, 1.807) is 0 Å². The van der Waals surface area contributed by atoms with Crippen LogP contribution in [-0.2, 0) is 13.1 Å². The largest absolute Gasteiger partial charge is 0.330 e. The average Bonchev–Trinajstić information content (AvgIpc) is 2.83. The summed E-state index contributed by atoms with van der Waals surface area (Å²) in [6.45, 7) is 8.98. The maximum atomic E-state index is 13.4. The fourth-order valence-electron chi connectivity index (χ4n) is 3.62. The highest BCUT2D eigenvalue weighted by atomic mass is 19.1. The summed E-state index contributed by atoms with van der Waals surface area (Å²) in [5.41, 5.74) is 15.7. The van der Waals surface area contributed by atoms with Crippen LogP contribution >= 0.6 is 0 Å². The van der Waals surface area contributed by atoms with Crippen LogP contribution in [0, 0.1) is 5.82 Å². The standard InChI is InChI=1S/C26H43FN6/c27-26-7-5-24(6-8-26)25-18-22(20-32-15-3-13-30-11-1-9-28)17-23(19-25)21-33-16-4-14-31-12-2-10-29/h5-8,17-19,30-33H,1-4,9-16,20-21,28-29H2. The molecule has 6 nitrogen and oxygen atoms in total. The third-order valence-electron chi connectivity index (χ3n) is 5.42. The van der Waals surface area contributed by atoms with Gasteiger partial charge in [-0.15, -0.1) is 0 Å². The molecule has 0 radical (unpaired) electrons. The van der Waals surface area contributed by atoms with E-state index in [2.05, 4.69) is 39.5 Å². The van der Waals surface area contributed by atoms with Crippen LogP contribution in [0.25, 0.3) is 11.1 Å². The number of hydrogen-bond acceptors (Lipinski definition) is 6. The first kappa shape index (κ1) is 27.4. The van der Waals surface area contributed by atoms with Gasteiger partial charge in [-0.25, -0.2) is 4.39 Å². The fraction of sp³-hybridized carbons (Fsp3) is 0.538. The average molecular weight is 459 g/mol. The molecule has 8 N–H and O–H groups in total. The Balaban J connectivity index is 1.86. The molecule has 0 spiro atoms. The lowest BCUT2D eigenvalue weighted by molar-refractivity contribution is 0.583. The van der Waals surface area contributed by atoms with E-state index in [9.17, 15) is 4.39 Å². The van der Waals surface area contributed by atoms with E-state index in [0.717, 1.165) is 102 Å². The minimum Gasteiger partial charge on any atom is -0.330 e. The summed E-state index contributed by atoms with van der Waals surface area (Å²) in [4.78, 5) is 0. The van der Waals surface area contributed by atoms with Crippen molar-refractivity contribution in [2.75, 3.05) is 52.4 Å². The van der Waals surface area contributed by atoms with Crippen LogP contribution in [0.1, 0.15) is 36.8 Å². The minimum absolute atomic E-state index is 0.210. The SMILES string of the molecule is NCCCNCCCNCc1cc(CNCCCNCCCN)cc(-c2ccc(F)cc2)c1. The monoisotopic (exact) mass is 458 g/mol. The van der Waals surface area contributed by atoms with Gasteiger partial charge in [0.2, 0.25) is 0 Å². The van der Waals surface area contributed by atoms with Crippen LogP contribution in [0.3, 0.4) is 0 Å². The van der Waals surface area contributed by atoms with E-state index in [-0.39, 0.29) is 5.82 Å². The van der Waals surface area contributed by atoms with Crippen molar-refractivity contribution in [1.82, 2.24) is 21.3 Å². The summed E-state index contributed by atoms with van der Waals surface area (Å²) in [5.74, 6) is -0.210. The molecule has 0 aliphatic carbocycles. The molecule has 2 aromatic rings. The molecule has 0 saturated heterocycles. The van der Waals surface area contributed by atoms with Gasteiger partial charge in [0.05, 0.1) is 0 Å². The van der Waals surface area contributed by atoms with Crippen molar-refractivity contribution in [2.45, 2.75) is 38.8 Å². The highest BCUT2D eigenvalue weighted by Crippen LogP contribution is 2.23. The van der Waals surface area contributed by atoms with Crippen molar-refractivity contribution < 1.29 is 4.39 Å². The highest BCUT2D eigenvalue weighted by Gasteiger charge is 2.05. The van der Waals surface area contributed by atoms with Gasteiger partial charge in [0.25, 0.3) is 0 Å². The van der Waals surface area contributed by atoms with E-state index in [1.165, 1.54) is 23.3 Å². The Bertz CT molecular complexity index is 715. The molecule has 7 heteroatoms. The van der Waals surface area contributed by atoms with Crippen molar-refractivity contribution >= 4 is 0 Å². The smallest absolute Gasteiger partial charge is 0.123 e. The van der Waals surface area contributed by atoms with Gasteiger partial charge < -0.3 is 32.7 Å². The number of benzene rings is 2. The number of nitrogens with two attached hydrogens (primary N) is 2. The molecule has 0 bridgehead atoms. The Morgan fingerprint density at radius 2 is 1.00 bits per heavy atom. The van der Waals surface area contributed by atoms with E-state index in [4.69, 9.17) is 11.5 Å². The van der Waals surface area contributed by atoms with Gasteiger partial charge in [-0.05, 0) is 125 Å². The second kappa shape index (κ2) is 17.6. The first-order chi connectivity index (χ1) is 16.2. The quantitative estimate of drug-likeness (QED) is 0.181. The minimum atomic E-state index is -0.210. The zero-order valence-corrected chi connectivity index (χ0v) is 20.0. The van der Waals surface area contributed by atoms with Crippen LogP contribution in [0.2, 0.25) is 0 Å². The molecule has 0 amide bonds. The van der Waals surface area contributed by atoms with E-state index < -0.39 is 0 Å². The lowest BCUT2D eigenvalue weighted by Gasteiger charge is -2.13. The second-order valence-corrected chi connectivity index (χ2v) is 8.39. The molecular formula is C26H43FN6. The van der Waals surface area contributed by atoms with Crippen molar-refractivity contribution in [3.05, 3.63) is 59.4 Å². The third kappa shape index (κ3) is 12.2. The number of hydrogen-bond donors (Lipinski definition) is 6. The highest BCUT2D eigenvalue weighted by molar-refractivity contribution is 5.65. The maximum absolute atomic E-state index is 13.4. The Morgan fingerprint density at radius 3 is 1.48 bits per heavy atom. The predicted molar refractivity (Wildman–Crippen MR) is 138 cm³/mol. The Hall–Kier alpha value is -1.87. The summed E-state index contributed by atoms with van der Waals surface area (Å²) in [6.07, 6.45) is 4.20. The van der Waals surface area contributed by atoms with E-state index in [0.29, 0.717) is 0 Å². The molecular weight excluding hydrogens is 415 g/mol. The summed E-state index contributed by atoms with van der Waals surface area (Å²) < 4.78 is 13.4. The van der Waals surface area contributed by atoms with Crippen LogP contribution in [0.15, 0.2) is 42.5 Å². The number of nitrogens with one attached hydrogen (secondary N) is 4. The predicted octanol–water partition coefficient (Wildman–Crippen LogP) is 2.33. The van der Waals surface area contributed by atoms with Crippen LogP contribution in [-0.4, -0.2) is 52.4 Å². The van der Waals surface area contributed by atoms with Crippen LogP contribution < -0.4 is 32.7 Å². The zero-order chi connectivity index (χ0) is 23.6. The molecule has 0 heterocycles. The van der Waals surface area contributed by atoms with Gasteiger partial charge in [-0.1, -0.05) is 18.2 Å². The van der Waals surface area contributed by atoms with E-state index >= 15 is 0 Å². The first-order valence-corrected chi connectivity index (χ1v) is 12.3. The Morgan fingerprint density at radius 1 is 0.545 bits per heavy atom. The molecule has 2 aromatic carbocycles. The molecule has 0 saturated carbocycles. The molecule has 0 unspecified atom stereocenters. The summed E-state index contributed by atoms with van der Waals surface area (Å²) in [6, 6.07) is 13.4. The summed E-state index contributed by atoms with van der Waals surface area (Å²) in [7, 11) is 0. The van der Waals surface area contributed by atoms with Gasteiger partial charge in [0.1, 0.15) is 5.82 Å². The van der Waals surface area contributed by atoms with Crippen LogP contribution in [0.4, 0.5) is 4.39 Å². The van der Waals surface area contributed by atoms with Crippen molar-refractivity contribution in [1.29, 1.82) is 0 Å². The summed E-state index contributed by atoms with van der Waals surface area (Å²) >= 11 is 0. The molecule has 0 aliphatic rings. The number of rotatable bonds is 19. The molecule has 184 valence electrons. The van der Waals surface area contributed by atoms with Crippen molar-refractivity contribution in [2.24, 2.45) is 11.5 Å². The van der Waals surface area contributed by atoms with Gasteiger partial charge in [-0.2, -0.15) is 0 Å². The lowest BCUT2D eigenvalue weighted by atomic mass is 9.99. The molecule has 2 rings (SSSR count). The van der Waals surface area contributed by atoms with Crippen LogP contribution in [0.5, 0.6) is 0 Å². The molecule has 0 aromatic heterocycles. The molecule has 0 fully saturated rings. The van der Waals surface area contributed by atoms with Crippen molar-refractivity contribution in [3.63, 3.8) is 0 Å². The maximum Gasteiger partial charge on any atom is 0.123 e. The molecule has 0 atom stereocenters. The number of halogens is 1. The zero-order valence-electron chi connectivity index (χ0n) is 20.0. The normalized spacial score (nSPS) is 11.2. The van der Waals surface area contributed by atoms with Gasteiger partial charge in [0, 0.05) is 13.1 Å². The topological polar surface area (TPSA) is 100 Å². The second-order valence-electron chi connectivity index (χ2n) is 8.39. The Kier molecular flexibility index (Phi) is 14.6. The molecule has 0 aliphatic heterocycles. The van der Waals surface area contributed by atoms with Gasteiger partial charge in [-0.3, -0.25) is 0 Å². The van der Waals surface area contributed by atoms with Gasteiger partial charge in [0.15, 0.2) is 0 Å². The third-order valence-corrected chi connectivity index (χ3v) is 5.42. The van der Waals surface area contributed by atoms with E-state index in [1.807, 2.05) is 12.1 Å². The molecule has 33 heavy (non-hydrogen) atoms. The Labute approximate surface area is 199 Å². The fourth-order valence-corrected chi connectivity index (χ4v) is 3.62. The summed E-state index contributed by atoms with van der Waals surface area (Å²) in [5, 5.41) is 13.9. The first-order valence-electron chi connectivity index (χ1n) is 12.3.